The molecule has 1 aromatic rings. The molecular weight excluding hydrogens is 228 g/mol. The van der Waals surface area contributed by atoms with Crippen LogP contribution in [0.15, 0.2) is 24.3 Å². The average Bonchev–Trinajstić information content (AvgIpc) is 2.77. The van der Waals surface area contributed by atoms with Gasteiger partial charge in [-0.2, -0.15) is 5.26 Å². The summed E-state index contributed by atoms with van der Waals surface area (Å²) in [6.45, 7) is 0. The molecule has 0 saturated heterocycles. The summed E-state index contributed by atoms with van der Waals surface area (Å²) in [5.74, 6) is -0.793. The Kier molecular flexibility index (Phi) is 3.52. The predicted octanol–water partition coefficient (Wildman–Crippen LogP) is 2.76. The molecule has 2 N–H and O–H groups in total. The van der Waals surface area contributed by atoms with Crippen molar-refractivity contribution >= 4 is 11.7 Å². The fourth-order valence-corrected chi connectivity index (χ4v) is 2.66. The lowest BCUT2D eigenvalue weighted by molar-refractivity contribution is -0.138. The third kappa shape index (κ3) is 2.62. The molecule has 1 saturated carbocycles. The van der Waals surface area contributed by atoms with E-state index in [0.717, 1.165) is 31.4 Å². The Morgan fingerprint density at radius 2 is 2.06 bits per heavy atom. The fraction of sp³-hybridized carbons (Fsp3) is 0.429. The van der Waals surface area contributed by atoms with Gasteiger partial charge in [-0.1, -0.05) is 25.0 Å². The zero-order valence-electron chi connectivity index (χ0n) is 10.1. The summed E-state index contributed by atoms with van der Waals surface area (Å²) in [5, 5.41) is 21.4. The first-order valence-corrected chi connectivity index (χ1v) is 6.14. The molecule has 4 nitrogen and oxygen atoms in total. The molecule has 0 spiro atoms. The summed E-state index contributed by atoms with van der Waals surface area (Å²) < 4.78 is 0. The van der Waals surface area contributed by atoms with E-state index in [0.29, 0.717) is 5.56 Å². The molecule has 0 aliphatic heterocycles. The highest BCUT2D eigenvalue weighted by Crippen LogP contribution is 2.36. The molecule has 94 valence electrons. The number of nitrogens with zero attached hydrogens (tertiary/aromatic N) is 1. The Labute approximate surface area is 106 Å². The highest BCUT2D eigenvalue weighted by Gasteiger charge is 2.36. The maximum Gasteiger partial charge on any atom is 0.305 e. The number of anilines is 1. The fourth-order valence-electron chi connectivity index (χ4n) is 2.66. The predicted molar refractivity (Wildman–Crippen MR) is 68.2 cm³/mol. The Bertz CT molecular complexity index is 485. The monoisotopic (exact) mass is 244 g/mol. The summed E-state index contributed by atoms with van der Waals surface area (Å²) in [4.78, 5) is 11.0. The first kappa shape index (κ1) is 12.4. The Morgan fingerprint density at radius 1 is 1.39 bits per heavy atom. The van der Waals surface area contributed by atoms with E-state index < -0.39 is 11.5 Å². The van der Waals surface area contributed by atoms with Crippen molar-refractivity contribution in [1.82, 2.24) is 0 Å². The molecule has 0 atom stereocenters. The smallest absolute Gasteiger partial charge is 0.305 e. The number of nitriles is 1. The highest BCUT2D eigenvalue weighted by molar-refractivity contribution is 5.70. The standard InChI is InChI=1S/C14H16N2O2/c15-10-11-5-1-2-6-12(11)16-14(9-13(17)18)7-3-4-8-14/h1-2,5-6,16H,3-4,7-9H2,(H,17,18). The van der Waals surface area contributed by atoms with E-state index in [1.165, 1.54) is 0 Å². The second-order valence-electron chi connectivity index (χ2n) is 4.84. The second kappa shape index (κ2) is 5.09. The molecule has 0 amide bonds. The van der Waals surface area contributed by atoms with Gasteiger partial charge in [-0.25, -0.2) is 0 Å². The lowest BCUT2D eigenvalue weighted by atomic mass is 9.92. The van der Waals surface area contributed by atoms with Crippen molar-refractivity contribution in [2.24, 2.45) is 0 Å². The van der Waals surface area contributed by atoms with Gasteiger partial charge in [0.15, 0.2) is 0 Å². The largest absolute Gasteiger partial charge is 0.481 e. The van der Waals surface area contributed by atoms with Crippen molar-refractivity contribution in [3.63, 3.8) is 0 Å². The first-order valence-electron chi connectivity index (χ1n) is 6.14. The van der Waals surface area contributed by atoms with Gasteiger partial charge in [-0.05, 0) is 25.0 Å². The van der Waals surface area contributed by atoms with Crippen molar-refractivity contribution in [3.05, 3.63) is 29.8 Å². The zero-order valence-corrected chi connectivity index (χ0v) is 10.1. The molecule has 1 aliphatic rings. The van der Waals surface area contributed by atoms with Crippen LogP contribution in [0.25, 0.3) is 0 Å². The summed E-state index contributed by atoms with van der Waals surface area (Å²) in [5.41, 5.74) is 0.913. The van der Waals surface area contributed by atoms with Gasteiger partial charge in [0.2, 0.25) is 0 Å². The van der Waals surface area contributed by atoms with Gasteiger partial charge in [0.25, 0.3) is 0 Å². The number of rotatable bonds is 4. The maximum absolute atomic E-state index is 11.0. The normalized spacial score (nSPS) is 17.1. The number of hydrogen-bond donors (Lipinski definition) is 2. The van der Waals surface area contributed by atoms with Crippen LogP contribution in [0.2, 0.25) is 0 Å². The summed E-state index contributed by atoms with van der Waals surface area (Å²) in [6.07, 6.45) is 3.87. The maximum atomic E-state index is 11.0. The van der Waals surface area contributed by atoms with Gasteiger partial charge in [0.1, 0.15) is 6.07 Å². The van der Waals surface area contributed by atoms with Gasteiger partial charge < -0.3 is 10.4 Å². The van der Waals surface area contributed by atoms with E-state index in [-0.39, 0.29) is 6.42 Å². The first-order chi connectivity index (χ1) is 8.65. The van der Waals surface area contributed by atoms with E-state index in [1.807, 2.05) is 18.2 Å². The second-order valence-corrected chi connectivity index (χ2v) is 4.84. The molecule has 0 radical (unpaired) electrons. The molecule has 0 aromatic heterocycles. The number of nitrogens with one attached hydrogen (secondary N) is 1. The van der Waals surface area contributed by atoms with Gasteiger partial charge >= 0.3 is 5.97 Å². The minimum atomic E-state index is -0.793. The number of carbonyl (C=O) groups is 1. The van der Waals surface area contributed by atoms with Crippen LogP contribution in [-0.2, 0) is 4.79 Å². The van der Waals surface area contributed by atoms with Gasteiger partial charge in [0.05, 0.1) is 17.7 Å². The van der Waals surface area contributed by atoms with E-state index >= 15 is 0 Å². The Balaban J connectivity index is 2.24. The number of para-hydroxylation sites is 1. The van der Waals surface area contributed by atoms with Crippen molar-refractivity contribution in [1.29, 1.82) is 5.26 Å². The van der Waals surface area contributed by atoms with Crippen LogP contribution in [-0.4, -0.2) is 16.6 Å². The number of hydrogen-bond acceptors (Lipinski definition) is 3. The number of carboxylic acids is 1. The summed E-state index contributed by atoms with van der Waals surface area (Å²) in [7, 11) is 0. The molecule has 4 heteroatoms. The lowest BCUT2D eigenvalue weighted by Crippen LogP contribution is -2.37. The van der Waals surface area contributed by atoms with Crippen molar-refractivity contribution in [2.45, 2.75) is 37.6 Å². The SMILES string of the molecule is N#Cc1ccccc1NC1(CC(=O)O)CCCC1. The van der Waals surface area contributed by atoms with Gasteiger partial charge in [-0.15, -0.1) is 0 Å². The zero-order chi connectivity index (χ0) is 13.0. The van der Waals surface area contributed by atoms with Crippen LogP contribution < -0.4 is 5.32 Å². The molecule has 1 fully saturated rings. The molecule has 1 aliphatic carbocycles. The van der Waals surface area contributed by atoms with Gasteiger partial charge in [-0.3, -0.25) is 4.79 Å². The van der Waals surface area contributed by atoms with Crippen LogP contribution in [0.1, 0.15) is 37.7 Å². The number of carboxylic acid groups (broad SMARTS) is 1. The van der Waals surface area contributed by atoms with E-state index in [1.54, 1.807) is 6.07 Å². The summed E-state index contributed by atoms with van der Waals surface area (Å²) >= 11 is 0. The quantitative estimate of drug-likeness (QED) is 0.854. The van der Waals surface area contributed by atoms with Crippen LogP contribution in [0.4, 0.5) is 5.69 Å². The Morgan fingerprint density at radius 3 is 2.67 bits per heavy atom. The van der Waals surface area contributed by atoms with Crippen LogP contribution >= 0.6 is 0 Å². The third-order valence-corrected chi connectivity index (χ3v) is 3.50. The minimum Gasteiger partial charge on any atom is -0.481 e. The van der Waals surface area contributed by atoms with Crippen molar-refractivity contribution in [3.8, 4) is 6.07 Å². The Hall–Kier alpha value is -2.02. The minimum absolute atomic E-state index is 0.104. The van der Waals surface area contributed by atoms with Gasteiger partial charge in [0, 0.05) is 5.54 Å². The van der Waals surface area contributed by atoms with E-state index in [9.17, 15) is 4.79 Å². The number of aliphatic carboxylic acids is 1. The molecular formula is C14H16N2O2. The average molecular weight is 244 g/mol. The van der Waals surface area contributed by atoms with Crippen molar-refractivity contribution in [2.75, 3.05) is 5.32 Å². The molecule has 2 rings (SSSR count). The van der Waals surface area contributed by atoms with E-state index in [4.69, 9.17) is 10.4 Å². The molecule has 0 heterocycles. The number of benzene rings is 1. The van der Waals surface area contributed by atoms with Crippen molar-refractivity contribution < 1.29 is 9.90 Å². The summed E-state index contributed by atoms with van der Waals surface area (Å²) in [6, 6.07) is 9.37. The van der Waals surface area contributed by atoms with E-state index in [2.05, 4.69) is 11.4 Å². The molecule has 0 unspecified atom stereocenters. The van der Waals surface area contributed by atoms with Crippen LogP contribution in [0, 0.1) is 11.3 Å². The molecule has 18 heavy (non-hydrogen) atoms. The topological polar surface area (TPSA) is 73.1 Å². The molecule has 1 aromatic carbocycles. The highest BCUT2D eigenvalue weighted by atomic mass is 16.4. The lowest BCUT2D eigenvalue weighted by Gasteiger charge is -2.30. The molecule has 0 bridgehead atoms. The third-order valence-electron chi connectivity index (χ3n) is 3.50. The van der Waals surface area contributed by atoms with Crippen LogP contribution in [0.5, 0.6) is 0 Å². The van der Waals surface area contributed by atoms with Crippen LogP contribution in [0.3, 0.4) is 0 Å².